The lowest BCUT2D eigenvalue weighted by molar-refractivity contribution is -0.116. The number of hydrogen-bond acceptors (Lipinski definition) is 5. The molecule has 0 aliphatic heterocycles. The van der Waals surface area contributed by atoms with Gasteiger partial charge >= 0.3 is 0 Å². The molecule has 3 aromatic rings. The van der Waals surface area contributed by atoms with Crippen LogP contribution in [0, 0.1) is 20.8 Å². The normalized spacial score (nSPS) is 10.7. The molecule has 0 aliphatic rings. The van der Waals surface area contributed by atoms with Crippen LogP contribution >= 0.6 is 11.3 Å². The zero-order valence-corrected chi connectivity index (χ0v) is 16.9. The second kappa shape index (κ2) is 7.84. The van der Waals surface area contributed by atoms with E-state index < -0.39 is 0 Å². The van der Waals surface area contributed by atoms with E-state index in [1.807, 2.05) is 30.7 Å². The summed E-state index contributed by atoms with van der Waals surface area (Å²) < 4.78 is 12.5. The van der Waals surface area contributed by atoms with E-state index in [-0.39, 0.29) is 12.5 Å². The SMILES string of the molecule is COc1cc(NC(=O)Cn2c(C)cc(-c3csc(C)n3)c2C)cc(OC)c1. The zero-order chi connectivity index (χ0) is 19.6. The fourth-order valence-corrected chi connectivity index (χ4v) is 3.63. The molecular formula is C20H23N3O3S. The Morgan fingerprint density at radius 3 is 2.33 bits per heavy atom. The molecule has 0 saturated heterocycles. The molecule has 2 heterocycles. The van der Waals surface area contributed by atoms with Gasteiger partial charge < -0.3 is 19.4 Å². The average molecular weight is 385 g/mol. The third kappa shape index (κ3) is 4.14. The number of rotatable bonds is 6. The van der Waals surface area contributed by atoms with Crippen molar-refractivity contribution < 1.29 is 14.3 Å². The van der Waals surface area contributed by atoms with Gasteiger partial charge in [0.1, 0.15) is 18.0 Å². The number of anilines is 1. The van der Waals surface area contributed by atoms with E-state index >= 15 is 0 Å². The highest BCUT2D eigenvalue weighted by Gasteiger charge is 2.15. The molecular weight excluding hydrogens is 362 g/mol. The number of aryl methyl sites for hydroxylation is 2. The smallest absolute Gasteiger partial charge is 0.244 e. The molecule has 0 atom stereocenters. The number of nitrogens with one attached hydrogen (secondary N) is 1. The first-order chi connectivity index (χ1) is 12.9. The van der Waals surface area contributed by atoms with Gasteiger partial charge in [-0.15, -0.1) is 11.3 Å². The maximum Gasteiger partial charge on any atom is 0.244 e. The quantitative estimate of drug-likeness (QED) is 0.691. The van der Waals surface area contributed by atoms with E-state index in [4.69, 9.17) is 9.47 Å². The van der Waals surface area contributed by atoms with E-state index in [0.29, 0.717) is 17.2 Å². The number of hydrogen-bond donors (Lipinski definition) is 1. The largest absolute Gasteiger partial charge is 0.497 e. The summed E-state index contributed by atoms with van der Waals surface area (Å²) >= 11 is 1.62. The lowest BCUT2D eigenvalue weighted by Gasteiger charge is -2.12. The molecule has 142 valence electrons. The molecule has 0 unspecified atom stereocenters. The number of aromatic nitrogens is 2. The number of carbonyl (C=O) groups excluding carboxylic acids is 1. The van der Waals surface area contributed by atoms with Crippen LogP contribution in [0.5, 0.6) is 11.5 Å². The van der Waals surface area contributed by atoms with Crippen molar-refractivity contribution in [2.45, 2.75) is 27.3 Å². The standard InChI is InChI=1S/C20H23N3O3S/c1-12-6-18(19-11-27-14(3)21-19)13(2)23(12)10-20(24)22-15-7-16(25-4)9-17(8-15)26-5/h6-9,11H,10H2,1-5H3,(H,22,24). The number of benzene rings is 1. The number of amides is 1. The Labute approximate surface area is 162 Å². The van der Waals surface area contributed by atoms with Crippen molar-refractivity contribution in [3.8, 4) is 22.8 Å². The average Bonchev–Trinajstić information content (AvgIpc) is 3.19. The van der Waals surface area contributed by atoms with Crippen LogP contribution in [0.4, 0.5) is 5.69 Å². The topological polar surface area (TPSA) is 65.4 Å². The highest BCUT2D eigenvalue weighted by molar-refractivity contribution is 7.09. The van der Waals surface area contributed by atoms with E-state index in [9.17, 15) is 4.79 Å². The Morgan fingerprint density at radius 2 is 1.78 bits per heavy atom. The van der Waals surface area contributed by atoms with Gasteiger partial charge in [0.25, 0.3) is 0 Å². The maximum absolute atomic E-state index is 12.6. The van der Waals surface area contributed by atoms with E-state index in [1.54, 1.807) is 43.8 Å². The van der Waals surface area contributed by atoms with Crippen LogP contribution in [-0.4, -0.2) is 29.7 Å². The highest BCUT2D eigenvalue weighted by Crippen LogP contribution is 2.29. The fraction of sp³-hybridized carbons (Fsp3) is 0.300. The minimum atomic E-state index is -0.117. The third-order valence-electron chi connectivity index (χ3n) is 4.41. The van der Waals surface area contributed by atoms with E-state index in [0.717, 1.165) is 27.7 Å². The van der Waals surface area contributed by atoms with Gasteiger partial charge in [0.15, 0.2) is 0 Å². The van der Waals surface area contributed by atoms with Gasteiger partial charge in [-0.05, 0) is 26.8 Å². The van der Waals surface area contributed by atoms with Crippen LogP contribution in [-0.2, 0) is 11.3 Å². The summed E-state index contributed by atoms with van der Waals surface area (Å²) in [4.78, 5) is 17.2. The molecule has 1 aromatic carbocycles. The van der Waals surface area contributed by atoms with Crippen molar-refractivity contribution in [1.29, 1.82) is 0 Å². The van der Waals surface area contributed by atoms with E-state index in [2.05, 4.69) is 16.4 Å². The summed E-state index contributed by atoms with van der Waals surface area (Å²) in [6.45, 7) is 6.22. The molecule has 2 aromatic heterocycles. The Morgan fingerprint density at radius 1 is 1.11 bits per heavy atom. The van der Waals surface area contributed by atoms with Crippen molar-refractivity contribution in [3.05, 3.63) is 46.0 Å². The highest BCUT2D eigenvalue weighted by atomic mass is 32.1. The number of carbonyl (C=O) groups is 1. The van der Waals surface area contributed by atoms with Gasteiger partial charge in [-0.1, -0.05) is 0 Å². The molecule has 0 radical (unpaired) electrons. The minimum absolute atomic E-state index is 0.117. The van der Waals surface area contributed by atoms with Crippen LogP contribution in [0.2, 0.25) is 0 Å². The molecule has 6 nitrogen and oxygen atoms in total. The number of nitrogens with zero attached hydrogens (tertiary/aromatic N) is 2. The molecule has 1 amide bonds. The molecule has 7 heteroatoms. The van der Waals surface area contributed by atoms with Crippen molar-refractivity contribution in [1.82, 2.24) is 9.55 Å². The monoisotopic (exact) mass is 385 g/mol. The van der Waals surface area contributed by atoms with E-state index in [1.165, 1.54) is 0 Å². The summed E-state index contributed by atoms with van der Waals surface area (Å²) in [5.74, 6) is 1.13. The first-order valence-electron chi connectivity index (χ1n) is 8.53. The second-order valence-electron chi connectivity index (χ2n) is 6.27. The first-order valence-corrected chi connectivity index (χ1v) is 9.41. The Balaban J connectivity index is 1.80. The van der Waals surface area contributed by atoms with Gasteiger partial charge in [0, 0.05) is 46.2 Å². The molecule has 0 spiro atoms. The second-order valence-corrected chi connectivity index (χ2v) is 7.33. The minimum Gasteiger partial charge on any atom is -0.497 e. The van der Waals surface area contributed by atoms with Crippen LogP contribution in [0.1, 0.15) is 16.4 Å². The van der Waals surface area contributed by atoms with Gasteiger partial charge in [-0.25, -0.2) is 4.98 Å². The summed E-state index contributed by atoms with van der Waals surface area (Å²) in [6, 6.07) is 7.36. The molecule has 1 N–H and O–H groups in total. The lowest BCUT2D eigenvalue weighted by atomic mass is 10.2. The Kier molecular flexibility index (Phi) is 5.51. The third-order valence-corrected chi connectivity index (χ3v) is 5.18. The maximum atomic E-state index is 12.6. The van der Waals surface area contributed by atoms with Gasteiger partial charge in [0.05, 0.1) is 24.9 Å². The summed E-state index contributed by atoms with van der Waals surface area (Å²) in [6.07, 6.45) is 0. The van der Waals surface area contributed by atoms with Crippen LogP contribution in [0.25, 0.3) is 11.3 Å². The van der Waals surface area contributed by atoms with Crippen molar-refractivity contribution >= 4 is 22.9 Å². The van der Waals surface area contributed by atoms with Crippen molar-refractivity contribution in [2.24, 2.45) is 0 Å². The van der Waals surface area contributed by atoms with Crippen LogP contribution < -0.4 is 14.8 Å². The van der Waals surface area contributed by atoms with Gasteiger partial charge in [0.2, 0.25) is 5.91 Å². The molecule has 0 saturated carbocycles. The van der Waals surface area contributed by atoms with Crippen molar-refractivity contribution in [3.63, 3.8) is 0 Å². The number of ether oxygens (including phenoxy) is 2. The van der Waals surface area contributed by atoms with Crippen LogP contribution in [0.3, 0.4) is 0 Å². The molecule has 0 bridgehead atoms. The number of thiazole rings is 1. The van der Waals surface area contributed by atoms with Gasteiger partial charge in [-0.3, -0.25) is 4.79 Å². The molecule has 3 rings (SSSR count). The summed E-state index contributed by atoms with van der Waals surface area (Å²) in [5.41, 5.74) is 4.69. The number of methoxy groups -OCH3 is 2. The first kappa shape index (κ1) is 19.0. The zero-order valence-electron chi connectivity index (χ0n) is 16.1. The van der Waals surface area contributed by atoms with Crippen molar-refractivity contribution in [2.75, 3.05) is 19.5 Å². The molecule has 27 heavy (non-hydrogen) atoms. The predicted octanol–water partition coefficient (Wildman–Crippen LogP) is 4.19. The van der Waals surface area contributed by atoms with Crippen LogP contribution in [0.15, 0.2) is 29.6 Å². The molecule has 0 aliphatic carbocycles. The lowest BCUT2D eigenvalue weighted by Crippen LogP contribution is -2.20. The summed E-state index contributed by atoms with van der Waals surface area (Å²) in [7, 11) is 3.16. The van der Waals surface area contributed by atoms with Gasteiger partial charge in [-0.2, -0.15) is 0 Å². The Hall–Kier alpha value is -2.80. The molecule has 0 fully saturated rings. The Bertz CT molecular complexity index is 953. The predicted molar refractivity (Wildman–Crippen MR) is 108 cm³/mol. The fourth-order valence-electron chi connectivity index (χ4n) is 3.01. The summed E-state index contributed by atoms with van der Waals surface area (Å²) in [5, 5.41) is 5.99.